The molecule has 0 saturated carbocycles. The molecule has 3 nitrogen and oxygen atoms in total. The Kier molecular flexibility index (Phi) is 3.27. The van der Waals surface area contributed by atoms with Crippen LogP contribution in [0.15, 0.2) is 16.8 Å². The van der Waals surface area contributed by atoms with Gasteiger partial charge in [0.05, 0.1) is 12.2 Å². The Morgan fingerprint density at radius 1 is 1.85 bits per heavy atom. The first-order valence-corrected chi connectivity index (χ1v) is 4.73. The van der Waals surface area contributed by atoms with Crippen LogP contribution < -0.4 is 5.32 Å². The minimum absolute atomic E-state index is 0.436. The summed E-state index contributed by atoms with van der Waals surface area (Å²) in [4.78, 5) is 4.04. The minimum atomic E-state index is -0.759. The summed E-state index contributed by atoms with van der Waals surface area (Å²) in [6.07, 6.45) is 3.32. The van der Waals surface area contributed by atoms with E-state index in [1.165, 1.54) is 0 Å². The lowest BCUT2D eigenvalue weighted by Gasteiger charge is -2.22. The molecule has 0 aromatic rings. The Morgan fingerprint density at radius 3 is 3.00 bits per heavy atom. The number of aliphatic imine (C=N–C) groups is 1. The van der Waals surface area contributed by atoms with Gasteiger partial charge in [-0.2, -0.15) is 0 Å². The zero-order valence-corrected chi connectivity index (χ0v) is 9.08. The van der Waals surface area contributed by atoms with Gasteiger partial charge in [0.1, 0.15) is 0 Å². The van der Waals surface area contributed by atoms with Gasteiger partial charge in [0.15, 0.2) is 5.05 Å². The molecule has 13 heavy (non-hydrogen) atoms. The Balaban J connectivity index is 2.62. The maximum atomic E-state index is 5.88. The highest BCUT2D eigenvalue weighted by molar-refractivity contribution is 7.80. The van der Waals surface area contributed by atoms with Crippen molar-refractivity contribution < 1.29 is 4.74 Å². The number of rotatable bonds is 2. The number of hydrogen-bond donors (Lipinski definition) is 1. The topological polar surface area (TPSA) is 33.6 Å². The van der Waals surface area contributed by atoms with Gasteiger partial charge >= 0.3 is 0 Å². The van der Waals surface area contributed by atoms with E-state index in [9.17, 15) is 0 Å². The summed E-state index contributed by atoms with van der Waals surface area (Å²) in [7, 11) is 0. The fraction of sp³-hybridized carbons (Fsp3) is 0.500. The van der Waals surface area contributed by atoms with Crippen molar-refractivity contribution >= 4 is 35.1 Å². The normalized spacial score (nSPS) is 26.2. The first kappa shape index (κ1) is 10.5. The first-order chi connectivity index (χ1) is 6.05. The zero-order chi connectivity index (χ0) is 9.90. The van der Waals surface area contributed by atoms with Crippen LogP contribution in [0.1, 0.15) is 13.8 Å². The van der Waals surface area contributed by atoms with Gasteiger partial charge < -0.3 is 10.1 Å². The molecule has 1 aliphatic heterocycles. The third-order valence-electron chi connectivity index (χ3n) is 1.45. The predicted octanol–water partition coefficient (Wildman–Crippen LogP) is 1.82. The lowest BCUT2D eigenvalue weighted by atomic mass is 10.3. The summed E-state index contributed by atoms with van der Waals surface area (Å²) < 4.78 is 5.14. The van der Waals surface area contributed by atoms with Crippen LogP contribution in [0.25, 0.3) is 0 Å². The lowest BCUT2D eigenvalue weighted by molar-refractivity contribution is 0.337. The summed E-state index contributed by atoms with van der Waals surface area (Å²) in [5.41, 5.74) is 0.745. The number of hydrogen-bond acceptors (Lipinski definition) is 4. The molecule has 0 aliphatic carbocycles. The van der Waals surface area contributed by atoms with Crippen LogP contribution in [-0.2, 0) is 4.74 Å². The molecule has 1 heterocycles. The second-order valence-electron chi connectivity index (χ2n) is 2.68. The predicted molar refractivity (Wildman–Crippen MR) is 58.2 cm³/mol. The van der Waals surface area contributed by atoms with E-state index in [1.807, 2.05) is 6.92 Å². The molecule has 1 atom stereocenters. The first-order valence-electron chi connectivity index (χ1n) is 3.94. The maximum Gasteiger partial charge on any atom is 0.202 e. The molecule has 1 unspecified atom stereocenters. The average molecular weight is 219 g/mol. The van der Waals surface area contributed by atoms with Crippen molar-refractivity contribution in [1.29, 1.82) is 0 Å². The number of nitrogens with zero attached hydrogens (tertiary/aromatic N) is 1. The molecule has 0 radical (unpaired) electrons. The minimum Gasteiger partial charge on any atom is -0.483 e. The van der Waals surface area contributed by atoms with Gasteiger partial charge in [-0.1, -0.05) is 11.6 Å². The lowest BCUT2D eigenvalue weighted by Crippen LogP contribution is -2.34. The summed E-state index contributed by atoms with van der Waals surface area (Å²) in [6.45, 7) is 4.19. The van der Waals surface area contributed by atoms with Crippen LogP contribution in [-0.4, -0.2) is 23.0 Å². The zero-order valence-electron chi connectivity index (χ0n) is 7.50. The van der Waals surface area contributed by atoms with Gasteiger partial charge in [0, 0.05) is 12.4 Å². The van der Waals surface area contributed by atoms with Gasteiger partial charge in [-0.25, -0.2) is 4.99 Å². The molecule has 0 saturated heterocycles. The quantitative estimate of drug-likeness (QED) is 0.436. The third-order valence-corrected chi connectivity index (χ3v) is 2.01. The highest BCUT2D eigenvalue weighted by Crippen LogP contribution is 2.16. The van der Waals surface area contributed by atoms with E-state index in [4.69, 9.17) is 28.6 Å². The second-order valence-corrected chi connectivity index (χ2v) is 3.78. The van der Waals surface area contributed by atoms with Crippen LogP contribution >= 0.6 is 23.8 Å². The molecule has 0 fully saturated rings. The van der Waals surface area contributed by atoms with Crippen molar-refractivity contribution in [1.82, 2.24) is 5.32 Å². The van der Waals surface area contributed by atoms with Crippen LogP contribution in [0.2, 0.25) is 0 Å². The average Bonchev–Trinajstić information content (AvgIpc) is 2.04. The Bertz CT molecular complexity index is 273. The Labute approximate surface area is 87.8 Å². The van der Waals surface area contributed by atoms with Crippen LogP contribution in [0.5, 0.6) is 0 Å². The van der Waals surface area contributed by atoms with Crippen LogP contribution in [0, 0.1) is 0 Å². The fourth-order valence-corrected chi connectivity index (χ4v) is 1.13. The number of ether oxygens (including phenoxy) is 1. The second kappa shape index (κ2) is 4.07. The van der Waals surface area contributed by atoms with Crippen molar-refractivity contribution in [2.45, 2.75) is 19.0 Å². The summed E-state index contributed by atoms with van der Waals surface area (Å²) in [5, 5.41) is 2.56. The number of halogens is 1. The summed E-state index contributed by atoms with van der Waals surface area (Å²) >= 11 is 10.9. The standard InChI is InChI=1S/C8H11ClN2OS/c1-3-12-7(13)6-4-10-8(2,9)11-5-6/h4-5,10H,3H2,1-2H3. The van der Waals surface area contributed by atoms with Gasteiger partial charge in [-0.3, -0.25) is 0 Å². The number of thiocarbonyl (C=S) groups is 1. The highest BCUT2D eigenvalue weighted by Gasteiger charge is 2.20. The molecule has 0 bridgehead atoms. The van der Waals surface area contributed by atoms with E-state index in [0.29, 0.717) is 11.7 Å². The molecule has 1 N–H and O–H groups in total. The summed E-state index contributed by atoms with van der Waals surface area (Å²) in [5.74, 6) is 0. The molecule has 0 amide bonds. The molecular formula is C8H11ClN2OS. The molecule has 1 aliphatic rings. The molecule has 72 valence electrons. The van der Waals surface area contributed by atoms with Gasteiger partial charge in [0.25, 0.3) is 0 Å². The van der Waals surface area contributed by atoms with Gasteiger partial charge in [0.2, 0.25) is 5.12 Å². The molecule has 0 aromatic carbocycles. The van der Waals surface area contributed by atoms with Crippen molar-refractivity contribution in [3.8, 4) is 0 Å². The van der Waals surface area contributed by atoms with Gasteiger partial charge in [-0.05, 0) is 26.1 Å². The Hall–Kier alpha value is -0.610. The highest BCUT2D eigenvalue weighted by atomic mass is 35.5. The monoisotopic (exact) mass is 218 g/mol. The molecular weight excluding hydrogens is 208 g/mol. The van der Waals surface area contributed by atoms with Crippen molar-refractivity contribution in [2.75, 3.05) is 6.61 Å². The van der Waals surface area contributed by atoms with Crippen LogP contribution in [0.4, 0.5) is 0 Å². The number of alkyl halides is 1. The van der Waals surface area contributed by atoms with Gasteiger partial charge in [-0.15, -0.1) is 0 Å². The SMILES string of the molecule is CCOC(=S)C1=CNC(C)(Cl)N=C1. The molecule has 1 rings (SSSR count). The van der Waals surface area contributed by atoms with E-state index in [0.717, 1.165) is 5.57 Å². The molecule has 0 aromatic heterocycles. The van der Waals surface area contributed by atoms with E-state index in [1.54, 1.807) is 19.3 Å². The number of nitrogens with one attached hydrogen (secondary N) is 1. The third kappa shape index (κ3) is 2.97. The largest absolute Gasteiger partial charge is 0.483 e. The smallest absolute Gasteiger partial charge is 0.202 e. The summed E-state index contributed by atoms with van der Waals surface area (Å²) in [6, 6.07) is 0. The van der Waals surface area contributed by atoms with E-state index in [2.05, 4.69) is 10.3 Å². The van der Waals surface area contributed by atoms with E-state index in [-0.39, 0.29) is 0 Å². The molecule has 0 spiro atoms. The molecule has 5 heteroatoms. The van der Waals surface area contributed by atoms with E-state index < -0.39 is 5.12 Å². The van der Waals surface area contributed by atoms with Crippen LogP contribution in [0.3, 0.4) is 0 Å². The van der Waals surface area contributed by atoms with Crippen molar-refractivity contribution in [2.24, 2.45) is 4.99 Å². The Morgan fingerprint density at radius 2 is 2.54 bits per heavy atom. The van der Waals surface area contributed by atoms with Crippen molar-refractivity contribution in [3.05, 3.63) is 11.8 Å². The van der Waals surface area contributed by atoms with Crippen molar-refractivity contribution in [3.63, 3.8) is 0 Å². The van der Waals surface area contributed by atoms with E-state index >= 15 is 0 Å². The maximum absolute atomic E-state index is 5.88. The fourth-order valence-electron chi connectivity index (χ4n) is 0.801.